The molecule has 1 heterocycles. The molecule has 2 nitrogen and oxygen atoms in total. The predicted octanol–water partition coefficient (Wildman–Crippen LogP) is 3.23. The maximum absolute atomic E-state index is 3.58. The first-order valence-corrected chi connectivity index (χ1v) is 8.28. The van der Waals surface area contributed by atoms with E-state index in [-0.39, 0.29) is 0 Å². The minimum atomic E-state index is 0.365. The van der Waals surface area contributed by atoms with E-state index in [2.05, 4.69) is 63.5 Å². The molecule has 0 aromatic rings. The van der Waals surface area contributed by atoms with Crippen molar-refractivity contribution in [3.8, 4) is 0 Å². The highest BCUT2D eigenvalue weighted by Crippen LogP contribution is 2.31. The lowest BCUT2D eigenvalue weighted by atomic mass is 9.92. The molecule has 1 aliphatic heterocycles. The molecular formula is C15H32N2S. The molecular weight excluding hydrogens is 240 g/mol. The van der Waals surface area contributed by atoms with E-state index >= 15 is 0 Å². The summed E-state index contributed by atoms with van der Waals surface area (Å²) in [6.45, 7) is 18.8. The van der Waals surface area contributed by atoms with Gasteiger partial charge in [-0.25, -0.2) is 0 Å². The lowest BCUT2D eigenvalue weighted by molar-refractivity contribution is 0.177. The fraction of sp³-hybridized carbons (Fsp3) is 1.00. The van der Waals surface area contributed by atoms with Crippen molar-refractivity contribution in [2.45, 2.75) is 58.8 Å². The first-order valence-electron chi connectivity index (χ1n) is 7.30. The highest BCUT2D eigenvalue weighted by Gasteiger charge is 2.27. The zero-order valence-electron chi connectivity index (χ0n) is 13.2. The smallest absolute Gasteiger partial charge is 0.0116 e. The van der Waals surface area contributed by atoms with E-state index in [0.29, 0.717) is 16.2 Å². The van der Waals surface area contributed by atoms with Gasteiger partial charge < -0.3 is 10.2 Å². The number of nitrogens with zero attached hydrogens (tertiary/aromatic N) is 1. The largest absolute Gasteiger partial charge is 0.314 e. The molecule has 0 amide bonds. The summed E-state index contributed by atoms with van der Waals surface area (Å²) in [6.07, 6.45) is 1.31. The normalized spacial score (nSPS) is 22.2. The number of hydrogen-bond acceptors (Lipinski definition) is 3. The third-order valence-electron chi connectivity index (χ3n) is 3.57. The molecule has 108 valence electrons. The second kappa shape index (κ2) is 6.62. The standard InChI is InChI=1S/C15H32N2S/c1-13(2)16-11-14(3,4)12-17-8-7-15(5,6)18-10-9-17/h13,16H,7-12H2,1-6H3. The Bertz CT molecular complexity index is 249. The van der Waals surface area contributed by atoms with Crippen molar-refractivity contribution in [1.82, 2.24) is 10.2 Å². The van der Waals surface area contributed by atoms with E-state index < -0.39 is 0 Å². The van der Waals surface area contributed by atoms with Crippen molar-refractivity contribution in [3.63, 3.8) is 0 Å². The Hall–Kier alpha value is 0.270. The van der Waals surface area contributed by atoms with Gasteiger partial charge in [0.1, 0.15) is 0 Å². The van der Waals surface area contributed by atoms with E-state index in [4.69, 9.17) is 0 Å². The van der Waals surface area contributed by atoms with E-state index in [1.807, 2.05) is 0 Å². The third kappa shape index (κ3) is 6.44. The molecule has 1 N–H and O–H groups in total. The zero-order valence-corrected chi connectivity index (χ0v) is 14.0. The molecule has 18 heavy (non-hydrogen) atoms. The maximum Gasteiger partial charge on any atom is 0.0116 e. The number of thioether (sulfide) groups is 1. The van der Waals surface area contributed by atoms with Crippen LogP contribution in [0, 0.1) is 5.41 Å². The van der Waals surface area contributed by atoms with Crippen LogP contribution in [-0.4, -0.2) is 47.6 Å². The third-order valence-corrected chi connectivity index (χ3v) is 4.94. The van der Waals surface area contributed by atoms with Crippen LogP contribution in [0.3, 0.4) is 0 Å². The maximum atomic E-state index is 3.58. The van der Waals surface area contributed by atoms with Crippen LogP contribution < -0.4 is 5.32 Å². The van der Waals surface area contributed by atoms with Crippen molar-refractivity contribution in [3.05, 3.63) is 0 Å². The second-order valence-corrected chi connectivity index (χ2v) is 9.14. The van der Waals surface area contributed by atoms with Gasteiger partial charge in [-0.1, -0.05) is 41.5 Å². The molecule has 0 radical (unpaired) electrons. The van der Waals surface area contributed by atoms with Crippen molar-refractivity contribution < 1.29 is 0 Å². The lowest BCUT2D eigenvalue weighted by Crippen LogP contribution is -2.43. The van der Waals surface area contributed by atoms with Gasteiger partial charge in [0.2, 0.25) is 0 Å². The summed E-state index contributed by atoms with van der Waals surface area (Å²) in [4.78, 5) is 2.66. The molecule has 0 spiro atoms. The van der Waals surface area contributed by atoms with Crippen LogP contribution in [-0.2, 0) is 0 Å². The fourth-order valence-electron chi connectivity index (χ4n) is 2.36. The van der Waals surface area contributed by atoms with E-state index in [0.717, 1.165) is 6.54 Å². The van der Waals surface area contributed by atoms with E-state index in [9.17, 15) is 0 Å². The van der Waals surface area contributed by atoms with Gasteiger partial charge in [0.15, 0.2) is 0 Å². The Balaban J connectivity index is 2.41. The molecule has 3 heteroatoms. The number of hydrogen-bond donors (Lipinski definition) is 1. The monoisotopic (exact) mass is 272 g/mol. The van der Waals surface area contributed by atoms with Gasteiger partial charge in [0.25, 0.3) is 0 Å². The zero-order chi connectivity index (χ0) is 13.8. The second-order valence-electron chi connectivity index (χ2n) is 7.33. The molecule has 0 atom stereocenters. The van der Waals surface area contributed by atoms with Crippen molar-refractivity contribution >= 4 is 11.8 Å². The van der Waals surface area contributed by atoms with Crippen molar-refractivity contribution in [2.75, 3.05) is 31.9 Å². The van der Waals surface area contributed by atoms with Gasteiger partial charge in [-0.15, -0.1) is 0 Å². The van der Waals surface area contributed by atoms with Crippen LogP contribution in [0.25, 0.3) is 0 Å². The molecule has 0 aromatic carbocycles. The molecule has 0 aliphatic carbocycles. The quantitative estimate of drug-likeness (QED) is 0.827. The van der Waals surface area contributed by atoms with Crippen molar-refractivity contribution in [1.29, 1.82) is 0 Å². The highest BCUT2D eigenvalue weighted by molar-refractivity contribution is 8.00. The van der Waals surface area contributed by atoms with Crippen LogP contribution >= 0.6 is 11.8 Å². The summed E-state index contributed by atoms with van der Waals surface area (Å²) in [7, 11) is 0. The summed E-state index contributed by atoms with van der Waals surface area (Å²) in [5.41, 5.74) is 0.365. The topological polar surface area (TPSA) is 15.3 Å². The molecule has 0 aromatic heterocycles. The minimum Gasteiger partial charge on any atom is -0.314 e. The summed E-state index contributed by atoms with van der Waals surface area (Å²) < 4.78 is 0.467. The van der Waals surface area contributed by atoms with Crippen molar-refractivity contribution in [2.24, 2.45) is 5.41 Å². The number of rotatable bonds is 5. The van der Waals surface area contributed by atoms with Gasteiger partial charge in [-0.2, -0.15) is 11.8 Å². The Kier molecular flexibility index (Phi) is 6.01. The Morgan fingerprint density at radius 2 is 1.94 bits per heavy atom. The Morgan fingerprint density at radius 3 is 2.56 bits per heavy atom. The van der Waals surface area contributed by atoms with Gasteiger partial charge in [0, 0.05) is 36.2 Å². The first kappa shape index (κ1) is 16.3. The SMILES string of the molecule is CC(C)NCC(C)(C)CN1CCSC(C)(C)CC1. The summed E-state index contributed by atoms with van der Waals surface area (Å²) in [5.74, 6) is 1.28. The van der Waals surface area contributed by atoms with Crippen LogP contribution in [0.5, 0.6) is 0 Å². The average Bonchev–Trinajstić information content (AvgIpc) is 2.37. The lowest BCUT2D eigenvalue weighted by Gasteiger charge is -2.33. The molecule has 0 bridgehead atoms. The van der Waals surface area contributed by atoms with Crippen LogP contribution in [0.15, 0.2) is 0 Å². The van der Waals surface area contributed by atoms with Crippen LogP contribution in [0.2, 0.25) is 0 Å². The number of nitrogens with one attached hydrogen (secondary N) is 1. The van der Waals surface area contributed by atoms with Gasteiger partial charge in [-0.05, 0) is 18.4 Å². The summed E-state index contributed by atoms with van der Waals surface area (Å²) >= 11 is 2.13. The van der Waals surface area contributed by atoms with Gasteiger partial charge >= 0.3 is 0 Å². The molecule has 0 unspecified atom stereocenters. The average molecular weight is 273 g/mol. The minimum absolute atomic E-state index is 0.365. The van der Waals surface area contributed by atoms with Crippen LogP contribution in [0.4, 0.5) is 0 Å². The molecule has 0 saturated carbocycles. The first-order chi connectivity index (χ1) is 8.20. The summed E-state index contributed by atoms with van der Waals surface area (Å²) in [6, 6.07) is 0.586. The Labute approximate surface area is 118 Å². The summed E-state index contributed by atoms with van der Waals surface area (Å²) in [5, 5.41) is 3.58. The van der Waals surface area contributed by atoms with E-state index in [1.54, 1.807) is 0 Å². The molecule has 1 fully saturated rings. The van der Waals surface area contributed by atoms with Crippen LogP contribution in [0.1, 0.15) is 48.0 Å². The van der Waals surface area contributed by atoms with E-state index in [1.165, 1.54) is 31.8 Å². The highest BCUT2D eigenvalue weighted by atomic mass is 32.2. The van der Waals surface area contributed by atoms with Gasteiger partial charge in [-0.3, -0.25) is 0 Å². The van der Waals surface area contributed by atoms with Gasteiger partial charge in [0.05, 0.1) is 0 Å². The molecule has 1 rings (SSSR count). The molecule has 1 saturated heterocycles. The Morgan fingerprint density at radius 1 is 1.28 bits per heavy atom. The molecule has 1 aliphatic rings. The fourth-order valence-corrected chi connectivity index (χ4v) is 3.50. The predicted molar refractivity (Wildman–Crippen MR) is 84.5 cm³/mol.